The third-order valence-electron chi connectivity index (χ3n) is 2.19. The van der Waals surface area contributed by atoms with Crippen LogP contribution in [0.15, 0.2) is 42.0 Å². The zero-order chi connectivity index (χ0) is 14.5. The molecule has 0 spiro atoms. The van der Waals surface area contributed by atoms with Gasteiger partial charge in [0.15, 0.2) is 4.91 Å². The normalized spacial score (nSPS) is 12.7. The van der Waals surface area contributed by atoms with Crippen molar-refractivity contribution in [1.29, 1.82) is 0 Å². The molecule has 8 nitrogen and oxygen atoms in total. The maximum atomic E-state index is 11.9. The van der Waals surface area contributed by atoms with E-state index in [0.29, 0.717) is 5.56 Å². The highest BCUT2D eigenvalue weighted by atomic mass is 32.2. The fourth-order valence-electron chi connectivity index (χ4n) is 1.22. The van der Waals surface area contributed by atoms with Gasteiger partial charge in [0.25, 0.3) is 5.70 Å². The van der Waals surface area contributed by atoms with E-state index in [1.807, 2.05) is 0 Å². The van der Waals surface area contributed by atoms with E-state index >= 15 is 0 Å². The van der Waals surface area contributed by atoms with Crippen LogP contribution in [-0.2, 0) is 16.6 Å². The van der Waals surface area contributed by atoms with Gasteiger partial charge in [0.2, 0.25) is 10.0 Å². The number of sulfonamides is 1. The van der Waals surface area contributed by atoms with Crippen LogP contribution in [0.5, 0.6) is 0 Å². The number of nitrogens with zero attached hydrogens (tertiary/aromatic N) is 3. The summed E-state index contributed by atoms with van der Waals surface area (Å²) in [6.45, 7) is 4.31. The minimum absolute atomic E-state index is 0.0640. The summed E-state index contributed by atoms with van der Waals surface area (Å²) in [6, 6.07) is 0. The monoisotopic (exact) mass is 284 g/mol. The van der Waals surface area contributed by atoms with Gasteiger partial charge >= 0.3 is 0 Å². The van der Waals surface area contributed by atoms with Gasteiger partial charge in [-0.25, -0.2) is 23.1 Å². The van der Waals surface area contributed by atoms with Crippen molar-refractivity contribution in [2.75, 3.05) is 0 Å². The quantitative estimate of drug-likeness (QED) is 0.464. The van der Waals surface area contributed by atoms with Gasteiger partial charge in [0.1, 0.15) is 6.33 Å². The van der Waals surface area contributed by atoms with Crippen molar-refractivity contribution in [3.05, 3.63) is 57.7 Å². The molecule has 0 atom stereocenters. The van der Waals surface area contributed by atoms with Gasteiger partial charge in [0.05, 0.1) is 4.92 Å². The van der Waals surface area contributed by atoms with Gasteiger partial charge in [-0.05, 0) is 6.08 Å². The second-order valence-electron chi connectivity index (χ2n) is 3.48. The molecule has 0 saturated heterocycles. The average Bonchev–Trinajstić information content (AvgIpc) is 2.38. The van der Waals surface area contributed by atoms with Crippen LogP contribution in [0, 0.1) is 10.1 Å². The summed E-state index contributed by atoms with van der Waals surface area (Å²) in [6.07, 6.45) is 5.12. The Kier molecular flexibility index (Phi) is 4.84. The summed E-state index contributed by atoms with van der Waals surface area (Å²) >= 11 is 0. The number of rotatable bonds is 6. The van der Waals surface area contributed by atoms with Crippen molar-refractivity contribution in [3.8, 4) is 0 Å². The van der Waals surface area contributed by atoms with E-state index in [1.54, 1.807) is 0 Å². The maximum absolute atomic E-state index is 11.9. The van der Waals surface area contributed by atoms with Crippen molar-refractivity contribution >= 4 is 10.0 Å². The highest BCUT2D eigenvalue weighted by Crippen LogP contribution is 2.13. The standard InChI is InChI=1S/C10H12N4O4S/c1-3-10(8(2)14(15)16)19(17,18)13-6-9-4-11-7-12-5-9/h3-5,7,13H,1,6H2,2H3/b10-8-. The zero-order valence-corrected chi connectivity index (χ0v) is 10.9. The topological polar surface area (TPSA) is 115 Å². The lowest BCUT2D eigenvalue weighted by molar-refractivity contribution is -0.424. The van der Waals surface area contributed by atoms with E-state index in [9.17, 15) is 18.5 Å². The van der Waals surface area contributed by atoms with Gasteiger partial charge in [-0.3, -0.25) is 10.1 Å². The number of nitrogens with one attached hydrogen (secondary N) is 1. The summed E-state index contributed by atoms with van der Waals surface area (Å²) in [4.78, 5) is 16.8. The number of allylic oxidation sites excluding steroid dienone is 2. The molecular formula is C10H12N4O4S. The minimum atomic E-state index is -4.00. The van der Waals surface area contributed by atoms with Crippen LogP contribution < -0.4 is 4.72 Å². The largest absolute Gasteiger partial charge is 0.263 e. The lowest BCUT2D eigenvalue weighted by Gasteiger charge is -2.06. The third-order valence-corrected chi connectivity index (χ3v) is 3.75. The molecule has 0 amide bonds. The van der Waals surface area contributed by atoms with E-state index in [4.69, 9.17) is 0 Å². The van der Waals surface area contributed by atoms with Gasteiger partial charge in [0, 0.05) is 31.4 Å². The van der Waals surface area contributed by atoms with Gasteiger partial charge in [-0.15, -0.1) is 0 Å². The van der Waals surface area contributed by atoms with Crippen molar-refractivity contribution in [1.82, 2.24) is 14.7 Å². The van der Waals surface area contributed by atoms with Gasteiger partial charge in [-0.2, -0.15) is 0 Å². The smallest absolute Gasteiger partial charge is 0.259 e. The Morgan fingerprint density at radius 2 is 2.11 bits per heavy atom. The number of nitro groups is 1. The molecule has 1 aromatic rings. The van der Waals surface area contributed by atoms with Gasteiger partial charge < -0.3 is 0 Å². The Morgan fingerprint density at radius 1 is 1.53 bits per heavy atom. The molecule has 1 rings (SSSR count). The van der Waals surface area contributed by atoms with Crippen LogP contribution in [0.25, 0.3) is 0 Å². The molecular weight excluding hydrogens is 272 g/mol. The predicted molar refractivity (Wildman–Crippen MR) is 67.7 cm³/mol. The van der Waals surface area contributed by atoms with E-state index in [0.717, 1.165) is 13.0 Å². The van der Waals surface area contributed by atoms with Crippen molar-refractivity contribution < 1.29 is 13.3 Å². The molecule has 102 valence electrons. The van der Waals surface area contributed by atoms with Crippen LogP contribution in [0.4, 0.5) is 0 Å². The van der Waals surface area contributed by atoms with Crippen LogP contribution in [0.1, 0.15) is 12.5 Å². The number of aromatic nitrogens is 2. The van der Waals surface area contributed by atoms with Crippen molar-refractivity contribution in [2.45, 2.75) is 13.5 Å². The molecule has 19 heavy (non-hydrogen) atoms. The van der Waals surface area contributed by atoms with Crippen LogP contribution in [0.2, 0.25) is 0 Å². The number of hydrogen-bond acceptors (Lipinski definition) is 6. The SMILES string of the molecule is C=C/C(=C(\C)[N+](=O)[O-])S(=O)(=O)NCc1cncnc1. The van der Waals surface area contributed by atoms with Gasteiger partial charge in [-0.1, -0.05) is 6.58 Å². The molecule has 0 aromatic carbocycles. The highest BCUT2D eigenvalue weighted by Gasteiger charge is 2.23. The van der Waals surface area contributed by atoms with Crippen molar-refractivity contribution in [2.24, 2.45) is 0 Å². The molecule has 0 fully saturated rings. The van der Waals surface area contributed by atoms with Crippen LogP contribution >= 0.6 is 0 Å². The first kappa shape index (κ1) is 14.9. The van der Waals surface area contributed by atoms with E-state index < -0.39 is 25.5 Å². The summed E-state index contributed by atoms with van der Waals surface area (Å²) < 4.78 is 26.0. The fourth-order valence-corrected chi connectivity index (χ4v) is 2.41. The first-order chi connectivity index (χ1) is 8.88. The average molecular weight is 284 g/mol. The van der Waals surface area contributed by atoms with E-state index in [-0.39, 0.29) is 6.54 Å². The molecule has 0 aliphatic heterocycles. The summed E-state index contributed by atoms with van der Waals surface area (Å²) in [5.74, 6) is 0. The Balaban J connectivity index is 2.95. The lowest BCUT2D eigenvalue weighted by atomic mass is 10.4. The molecule has 0 radical (unpaired) electrons. The molecule has 0 bridgehead atoms. The summed E-state index contributed by atoms with van der Waals surface area (Å²) in [5, 5.41) is 10.6. The van der Waals surface area contributed by atoms with Crippen molar-refractivity contribution in [3.63, 3.8) is 0 Å². The van der Waals surface area contributed by atoms with Crippen LogP contribution in [0.3, 0.4) is 0 Å². The molecule has 1 N–H and O–H groups in total. The first-order valence-corrected chi connectivity index (χ1v) is 6.58. The second kappa shape index (κ2) is 6.16. The molecule has 0 aliphatic carbocycles. The Hall–Kier alpha value is -2.13. The predicted octanol–water partition coefficient (Wildman–Crippen LogP) is 0.590. The Labute approximate surface area is 110 Å². The molecule has 0 aliphatic rings. The molecule has 9 heteroatoms. The third kappa shape index (κ3) is 3.93. The lowest BCUT2D eigenvalue weighted by Crippen LogP contribution is -2.25. The molecule has 0 saturated carbocycles. The highest BCUT2D eigenvalue weighted by molar-refractivity contribution is 7.93. The fraction of sp³-hybridized carbons (Fsp3) is 0.200. The Morgan fingerprint density at radius 3 is 2.58 bits per heavy atom. The minimum Gasteiger partial charge on any atom is -0.259 e. The van der Waals surface area contributed by atoms with E-state index in [2.05, 4.69) is 21.3 Å². The first-order valence-electron chi connectivity index (χ1n) is 5.09. The Bertz CT molecular complexity index is 610. The number of hydrogen-bond donors (Lipinski definition) is 1. The molecule has 0 unspecified atom stereocenters. The second-order valence-corrected chi connectivity index (χ2v) is 5.22. The summed E-state index contributed by atoms with van der Waals surface area (Å²) in [7, 11) is -4.00. The maximum Gasteiger partial charge on any atom is 0.263 e. The summed E-state index contributed by atoms with van der Waals surface area (Å²) in [5.41, 5.74) is 0.0417. The zero-order valence-electron chi connectivity index (χ0n) is 10.1. The van der Waals surface area contributed by atoms with Crippen LogP contribution in [-0.4, -0.2) is 23.3 Å². The molecule has 1 heterocycles. The molecule has 1 aromatic heterocycles. The van der Waals surface area contributed by atoms with E-state index in [1.165, 1.54) is 18.7 Å².